The summed E-state index contributed by atoms with van der Waals surface area (Å²) in [5.41, 5.74) is 12.2. The van der Waals surface area contributed by atoms with Crippen LogP contribution >= 0.6 is 0 Å². The quantitative estimate of drug-likeness (QED) is 0.150. The zero-order valence-electron chi connectivity index (χ0n) is 21.0. The van der Waals surface area contributed by atoms with Crippen molar-refractivity contribution in [2.75, 3.05) is 6.54 Å². The average Bonchev–Trinajstić information content (AvgIpc) is 3.28. The summed E-state index contributed by atoms with van der Waals surface area (Å²) in [6.07, 6.45) is 5.08. The minimum Gasteiger partial charge on any atom is -0.480 e. The molecule has 0 spiro atoms. The van der Waals surface area contributed by atoms with Gasteiger partial charge in [-0.2, -0.15) is 0 Å². The Labute approximate surface area is 206 Å². The molecule has 0 saturated heterocycles. The van der Waals surface area contributed by atoms with Gasteiger partial charge in [0, 0.05) is 18.3 Å². The first-order valence-corrected chi connectivity index (χ1v) is 12.0. The maximum absolute atomic E-state index is 13.2. The summed E-state index contributed by atoms with van der Waals surface area (Å²) in [6, 6.07) is -3.88. The van der Waals surface area contributed by atoms with Gasteiger partial charge in [0.1, 0.15) is 18.1 Å². The van der Waals surface area contributed by atoms with Crippen LogP contribution in [-0.4, -0.2) is 69.5 Å². The zero-order valence-corrected chi connectivity index (χ0v) is 21.0. The molecule has 1 aromatic rings. The van der Waals surface area contributed by atoms with Crippen LogP contribution in [0.5, 0.6) is 0 Å². The number of amides is 3. The fraction of sp³-hybridized carbons (Fsp3) is 0.696. The van der Waals surface area contributed by atoms with E-state index in [9.17, 15) is 24.3 Å². The number of hydrogen-bond acceptors (Lipinski definition) is 7. The van der Waals surface area contributed by atoms with Gasteiger partial charge >= 0.3 is 5.97 Å². The maximum atomic E-state index is 13.2. The lowest BCUT2D eigenvalue weighted by atomic mass is 10.0. The van der Waals surface area contributed by atoms with E-state index in [4.69, 9.17) is 11.5 Å². The molecule has 0 bridgehead atoms. The highest BCUT2D eigenvalue weighted by atomic mass is 16.4. The lowest BCUT2D eigenvalue weighted by Crippen LogP contribution is -2.58. The molecule has 0 fully saturated rings. The van der Waals surface area contributed by atoms with Gasteiger partial charge in [0.05, 0.1) is 12.4 Å². The first-order valence-electron chi connectivity index (χ1n) is 12.0. The summed E-state index contributed by atoms with van der Waals surface area (Å²) in [4.78, 5) is 57.0. The third-order valence-electron chi connectivity index (χ3n) is 5.48. The van der Waals surface area contributed by atoms with Gasteiger partial charge in [-0.25, -0.2) is 9.78 Å². The van der Waals surface area contributed by atoms with Crippen LogP contribution in [0, 0.1) is 11.8 Å². The number of unbranched alkanes of at least 4 members (excludes halogenated alkanes) is 1. The van der Waals surface area contributed by atoms with Crippen molar-refractivity contribution in [2.24, 2.45) is 23.3 Å². The number of nitrogens with two attached hydrogens (primary N) is 2. The number of aliphatic carboxylic acids is 1. The molecule has 0 radical (unpaired) electrons. The topological polar surface area (TPSA) is 205 Å². The van der Waals surface area contributed by atoms with E-state index >= 15 is 0 Å². The molecular formula is C23H41N7O5. The van der Waals surface area contributed by atoms with E-state index in [2.05, 4.69) is 25.9 Å². The van der Waals surface area contributed by atoms with E-state index in [1.165, 1.54) is 6.33 Å². The number of H-pyrrole nitrogens is 1. The summed E-state index contributed by atoms with van der Waals surface area (Å²) in [7, 11) is 0. The predicted octanol–water partition coefficient (Wildman–Crippen LogP) is -0.350. The number of carboxylic acid groups (broad SMARTS) is 1. The van der Waals surface area contributed by atoms with Gasteiger partial charge in [0.2, 0.25) is 17.7 Å². The Morgan fingerprint density at radius 1 is 1.00 bits per heavy atom. The van der Waals surface area contributed by atoms with E-state index in [0.29, 0.717) is 31.5 Å². The van der Waals surface area contributed by atoms with Gasteiger partial charge in [-0.05, 0) is 44.1 Å². The Morgan fingerprint density at radius 3 is 2.14 bits per heavy atom. The average molecular weight is 496 g/mol. The van der Waals surface area contributed by atoms with E-state index < -0.39 is 47.9 Å². The Bertz CT molecular complexity index is 813. The van der Waals surface area contributed by atoms with Gasteiger partial charge < -0.3 is 37.5 Å². The first-order chi connectivity index (χ1) is 16.5. The van der Waals surface area contributed by atoms with Crippen molar-refractivity contribution in [3.63, 3.8) is 0 Å². The van der Waals surface area contributed by atoms with Gasteiger partial charge in [-0.1, -0.05) is 27.7 Å². The maximum Gasteiger partial charge on any atom is 0.326 e. The highest BCUT2D eigenvalue weighted by Crippen LogP contribution is 2.10. The van der Waals surface area contributed by atoms with E-state index in [1.54, 1.807) is 20.0 Å². The summed E-state index contributed by atoms with van der Waals surface area (Å²) < 4.78 is 0. The van der Waals surface area contributed by atoms with Crippen LogP contribution in [0.1, 0.15) is 59.1 Å². The van der Waals surface area contributed by atoms with Crippen molar-refractivity contribution in [2.45, 2.75) is 84.0 Å². The molecule has 1 heterocycles. The number of aromatic nitrogens is 2. The predicted molar refractivity (Wildman–Crippen MR) is 131 cm³/mol. The van der Waals surface area contributed by atoms with Crippen LogP contribution < -0.4 is 27.4 Å². The summed E-state index contributed by atoms with van der Waals surface area (Å²) >= 11 is 0. The highest BCUT2D eigenvalue weighted by Gasteiger charge is 2.31. The second-order valence-electron chi connectivity index (χ2n) is 9.49. The zero-order chi connectivity index (χ0) is 26.5. The summed E-state index contributed by atoms with van der Waals surface area (Å²) in [5, 5.41) is 17.3. The van der Waals surface area contributed by atoms with Crippen LogP contribution in [0.15, 0.2) is 12.5 Å². The number of carbonyl (C=O) groups excluding carboxylic acids is 3. The SMILES string of the molecule is CC(C)CC(NC(=O)C(N)Cc1cnc[nH]1)C(=O)NC(CCCCN)C(=O)NC(C(=O)O)C(C)C. The molecule has 12 nitrogen and oxygen atoms in total. The Morgan fingerprint density at radius 2 is 1.63 bits per heavy atom. The monoisotopic (exact) mass is 495 g/mol. The second-order valence-corrected chi connectivity index (χ2v) is 9.49. The molecule has 35 heavy (non-hydrogen) atoms. The number of imidazole rings is 1. The highest BCUT2D eigenvalue weighted by molar-refractivity contribution is 5.94. The molecule has 3 amide bonds. The molecule has 4 unspecified atom stereocenters. The van der Waals surface area contributed by atoms with Crippen LogP contribution in [0.2, 0.25) is 0 Å². The van der Waals surface area contributed by atoms with Crippen LogP contribution in [-0.2, 0) is 25.6 Å². The minimum atomic E-state index is -1.16. The van der Waals surface area contributed by atoms with Crippen LogP contribution in [0.25, 0.3) is 0 Å². The van der Waals surface area contributed by atoms with E-state index in [1.807, 2.05) is 13.8 Å². The van der Waals surface area contributed by atoms with Crippen molar-refractivity contribution in [3.05, 3.63) is 18.2 Å². The van der Waals surface area contributed by atoms with Crippen molar-refractivity contribution < 1.29 is 24.3 Å². The molecule has 198 valence electrons. The Kier molecular flexibility index (Phi) is 13.0. The number of nitrogens with one attached hydrogen (secondary N) is 4. The summed E-state index contributed by atoms with van der Waals surface area (Å²) in [5.74, 6) is -3.07. The van der Waals surface area contributed by atoms with Gasteiger partial charge in [-0.3, -0.25) is 14.4 Å². The molecule has 0 saturated carbocycles. The van der Waals surface area contributed by atoms with E-state index in [-0.39, 0.29) is 24.7 Å². The molecule has 4 atom stereocenters. The number of aromatic amines is 1. The Balaban J connectivity index is 2.94. The van der Waals surface area contributed by atoms with Crippen molar-refractivity contribution in [3.8, 4) is 0 Å². The lowest BCUT2D eigenvalue weighted by molar-refractivity contribution is -0.143. The molecule has 9 N–H and O–H groups in total. The van der Waals surface area contributed by atoms with E-state index in [0.717, 1.165) is 0 Å². The first kappa shape index (κ1) is 30.0. The number of rotatable bonds is 16. The standard InChI is InChI=1S/C23H41N7O5/c1-13(2)9-18(29-20(31)16(25)10-15-11-26-12-27-15)22(33)28-17(7-5-6-8-24)21(32)30-19(14(3)4)23(34)35/h11-14,16-19H,5-10,24-25H2,1-4H3,(H,26,27)(H,28,33)(H,29,31)(H,30,32)(H,34,35). The van der Waals surface area contributed by atoms with Gasteiger partial charge in [-0.15, -0.1) is 0 Å². The molecule has 12 heteroatoms. The molecule has 0 aliphatic carbocycles. The van der Waals surface area contributed by atoms with Crippen LogP contribution in [0.4, 0.5) is 0 Å². The molecule has 0 aliphatic rings. The third-order valence-corrected chi connectivity index (χ3v) is 5.48. The normalized spacial score (nSPS) is 14.7. The second kappa shape index (κ2) is 15.1. The lowest BCUT2D eigenvalue weighted by Gasteiger charge is -2.26. The minimum absolute atomic E-state index is 0.0664. The number of carbonyl (C=O) groups is 4. The number of nitrogens with zero attached hydrogens (tertiary/aromatic N) is 1. The fourth-order valence-corrected chi connectivity index (χ4v) is 3.51. The fourth-order valence-electron chi connectivity index (χ4n) is 3.51. The number of hydrogen-bond donors (Lipinski definition) is 7. The molecule has 0 aromatic carbocycles. The van der Waals surface area contributed by atoms with Crippen molar-refractivity contribution in [1.29, 1.82) is 0 Å². The van der Waals surface area contributed by atoms with Crippen molar-refractivity contribution in [1.82, 2.24) is 25.9 Å². The largest absolute Gasteiger partial charge is 0.480 e. The van der Waals surface area contributed by atoms with Crippen molar-refractivity contribution >= 4 is 23.7 Å². The third kappa shape index (κ3) is 10.9. The molecule has 1 aromatic heterocycles. The summed E-state index contributed by atoms with van der Waals surface area (Å²) in [6.45, 7) is 7.60. The van der Waals surface area contributed by atoms with Gasteiger partial charge in [0.25, 0.3) is 0 Å². The van der Waals surface area contributed by atoms with Crippen LogP contribution in [0.3, 0.4) is 0 Å². The van der Waals surface area contributed by atoms with Gasteiger partial charge in [0.15, 0.2) is 0 Å². The molecular weight excluding hydrogens is 454 g/mol. The smallest absolute Gasteiger partial charge is 0.326 e. The molecule has 0 aliphatic heterocycles. The molecule has 1 rings (SSSR count). The number of carboxylic acids is 1. The Hall–Kier alpha value is -2.99.